The number of hydrogen-bond acceptors (Lipinski definition) is 3. The summed E-state index contributed by atoms with van der Waals surface area (Å²) in [7, 11) is 0. The third-order valence-electron chi connectivity index (χ3n) is 1.40. The van der Waals surface area contributed by atoms with E-state index in [1.807, 2.05) is 22.6 Å². The Balaban J connectivity index is 3.00. The highest BCUT2D eigenvalue weighted by molar-refractivity contribution is 14.1. The molecule has 14 heavy (non-hydrogen) atoms. The van der Waals surface area contributed by atoms with E-state index in [-0.39, 0.29) is 11.7 Å². The molecule has 1 heterocycles. The van der Waals surface area contributed by atoms with Crippen LogP contribution in [0.4, 0.5) is 4.39 Å². The van der Waals surface area contributed by atoms with Crippen LogP contribution in [-0.4, -0.2) is 17.1 Å². The number of ether oxygens (including phenoxy) is 1. The van der Waals surface area contributed by atoms with Gasteiger partial charge in [0.1, 0.15) is 5.56 Å². The Morgan fingerprint density at radius 3 is 2.79 bits per heavy atom. The van der Waals surface area contributed by atoms with Crippen LogP contribution in [0.25, 0.3) is 0 Å². The fourth-order valence-corrected chi connectivity index (χ4v) is 1.47. The molecule has 0 saturated carbocycles. The SMILES string of the molecule is CC(C)OC(=O)c1c(I)ccnc1F. The molecular formula is C9H9FINO2. The quantitative estimate of drug-likeness (QED) is 0.478. The summed E-state index contributed by atoms with van der Waals surface area (Å²) in [5.74, 6) is -1.46. The molecular weight excluding hydrogens is 300 g/mol. The Kier molecular flexibility index (Phi) is 3.79. The van der Waals surface area contributed by atoms with Crippen molar-refractivity contribution in [3.63, 3.8) is 0 Å². The number of nitrogens with zero attached hydrogens (tertiary/aromatic N) is 1. The van der Waals surface area contributed by atoms with Gasteiger partial charge in [-0.15, -0.1) is 0 Å². The van der Waals surface area contributed by atoms with Gasteiger partial charge in [0.2, 0.25) is 5.95 Å². The van der Waals surface area contributed by atoms with E-state index in [0.29, 0.717) is 3.57 Å². The van der Waals surface area contributed by atoms with Crippen molar-refractivity contribution in [2.45, 2.75) is 20.0 Å². The van der Waals surface area contributed by atoms with E-state index in [9.17, 15) is 9.18 Å². The zero-order chi connectivity index (χ0) is 10.7. The summed E-state index contributed by atoms with van der Waals surface area (Å²) in [5, 5.41) is 0. The number of pyridine rings is 1. The Morgan fingerprint density at radius 2 is 2.29 bits per heavy atom. The minimum Gasteiger partial charge on any atom is -0.459 e. The highest BCUT2D eigenvalue weighted by Gasteiger charge is 2.18. The van der Waals surface area contributed by atoms with Crippen molar-refractivity contribution in [3.05, 3.63) is 27.3 Å². The molecule has 76 valence electrons. The zero-order valence-corrected chi connectivity index (χ0v) is 9.91. The van der Waals surface area contributed by atoms with Crippen molar-refractivity contribution >= 4 is 28.6 Å². The number of esters is 1. The molecule has 0 radical (unpaired) electrons. The van der Waals surface area contributed by atoms with Gasteiger partial charge in [0, 0.05) is 9.77 Å². The Hall–Kier alpha value is -0.720. The normalized spacial score (nSPS) is 10.4. The largest absolute Gasteiger partial charge is 0.459 e. The minimum absolute atomic E-state index is 0.0956. The first kappa shape index (κ1) is 11.4. The fourth-order valence-electron chi connectivity index (χ4n) is 0.869. The predicted molar refractivity (Wildman–Crippen MR) is 57.5 cm³/mol. The van der Waals surface area contributed by atoms with Crippen LogP contribution in [0.5, 0.6) is 0 Å². The van der Waals surface area contributed by atoms with Crippen LogP contribution in [0.3, 0.4) is 0 Å². The highest BCUT2D eigenvalue weighted by atomic mass is 127. The van der Waals surface area contributed by atoms with Gasteiger partial charge in [-0.2, -0.15) is 4.39 Å². The molecule has 0 bridgehead atoms. The van der Waals surface area contributed by atoms with E-state index in [0.717, 1.165) is 0 Å². The lowest BCUT2D eigenvalue weighted by molar-refractivity contribution is 0.0370. The first-order valence-electron chi connectivity index (χ1n) is 4.03. The van der Waals surface area contributed by atoms with Gasteiger partial charge >= 0.3 is 5.97 Å². The average molecular weight is 309 g/mol. The number of rotatable bonds is 2. The van der Waals surface area contributed by atoms with Crippen molar-refractivity contribution in [3.8, 4) is 0 Å². The lowest BCUT2D eigenvalue weighted by Crippen LogP contribution is -2.15. The van der Waals surface area contributed by atoms with Crippen LogP contribution in [0.2, 0.25) is 0 Å². The van der Waals surface area contributed by atoms with Gasteiger partial charge in [-0.1, -0.05) is 0 Å². The summed E-state index contributed by atoms with van der Waals surface area (Å²) in [6.07, 6.45) is 1.04. The van der Waals surface area contributed by atoms with Gasteiger partial charge in [-0.25, -0.2) is 9.78 Å². The Morgan fingerprint density at radius 1 is 1.64 bits per heavy atom. The smallest absolute Gasteiger partial charge is 0.344 e. The van der Waals surface area contributed by atoms with E-state index in [2.05, 4.69) is 4.98 Å². The lowest BCUT2D eigenvalue weighted by atomic mass is 10.3. The average Bonchev–Trinajstić information content (AvgIpc) is 2.01. The lowest BCUT2D eigenvalue weighted by Gasteiger charge is -2.08. The number of aromatic nitrogens is 1. The molecule has 0 aliphatic rings. The van der Waals surface area contributed by atoms with E-state index in [4.69, 9.17) is 4.74 Å². The minimum atomic E-state index is -0.789. The van der Waals surface area contributed by atoms with Gasteiger partial charge in [0.15, 0.2) is 0 Å². The fraction of sp³-hybridized carbons (Fsp3) is 0.333. The Bertz CT molecular complexity index is 334. The van der Waals surface area contributed by atoms with Crippen LogP contribution in [-0.2, 0) is 4.74 Å². The van der Waals surface area contributed by atoms with Gasteiger partial charge < -0.3 is 4.74 Å². The van der Waals surface area contributed by atoms with Crippen LogP contribution < -0.4 is 0 Å². The van der Waals surface area contributed by atoms with Gasteiger partial charge in [0.25, 0.3) is 0 Å². The summed E-state index contributed by atoms with van der Waals surface area (Å²) in [4.78, 5) is 14.8. The monoisotopic (exact) mass is 309 g/mol. The number of hydrogen-bond donors (Lipinski definition) is 0. The number of carbonyl (C=O) groups is 1. The number of halogens is 2. The second-order valence-electron chi connectivity index (χ2n) is 2.91. The Labute approximate surface area is 94.8 Å². The van der Waals surface area contributed by atoms with Crippen LogP contribution in [0.1, 0.15) is 24.2 Å². The topological polar surface area (TPSA) is 39.2 Å². The maximum atomic E-state index is 13.1. The third kappa shape index (κ3) is 2.63. The van der Waals surface area contributed by atoms with Crippen molar-refractivity contribution < 1.29 is 13.9 Å². The molecule has 0 N–H and O–H groups in total. The highest BCUT2D eigenvalue weighted by Crippen LogP contribution is 2.15. The molecule has 0 amide bonds. The first-order chi connectivity index (χ1) is 6.52. The zero-order valence-electron chi connectivity index (χ0n) is 7.75. The molecule has 0 aromatic carbocycles. The maximum absolute atomic E-state index is 13.1. The second-order valence-corrected chi connectivity index (χ2v) is 4.07. The summed E-state index contributed by atoms with van der Waals surface area (Å²) >= 11 is 1.87. The molecule has 0 spiro atoms. The van der Waals surface area contributed by atoms with E-state index in [1.54, 1.807) is 19.9 Å². The van der Waals surface area contributed by atoms with Crippen molar-refractivity contribution in [2.75, 3.05) is 0 Å². The third-order valence-corrected chi connectivity index (χ3v) is 2.30. The van der Waals surface area contributed by atoms with Gasteiger partial charge in [0.05, 0.1) is 6.10 Å². The maximum Gasteiger partial charge on any atom is 0.344 e. The molecule has 0 fully saturated rings. The molecule has 0 aliphatic heterocycles. The molecule has 3 nitrogen and oxygen atoms in total. The molecule has 1 aromatic heterocycles. The summed E-state index contributed by atoms with van der Waals surface area (Å²) in [6, 6.07) is 1.56. The standard InChI is InChI=1S/C9H9FINO2/c1-5(2)14-9(13)7-6(11)3-4-12-8(7)10/h3-5H,1-2H3. The number of carbonyl (C=O) groups excluding carboxylic acids is 1. The van der Waals surface area contributed by atoms with Crippen molar-refractivity contribution in [2.24, 2.45) is 0 Å². The molecule has 1 rings (SSSR count). The summed E-state index contributed by atoms with van der Waals surface area (Å²) < 4.78 is 18.5. The molecule has 0 unspecified atom stereocenters. The molecule has 5 heteroatoms. The molecule has 0 aliphatic carbocycles. The molecule has 0 atom stereocenters. The summed E-state index contributed by atoms with van der Waals surface area (Å²) in [6.45, 7) is 3.41. The van der Waals surface area contributed by atoms with Crippen molar-refractivity contribution in [1.82, 2.24) is 4.98 Å². The van der Waals surface area contributed by atoms with Gasteiger partial charge in [-0.3, -0.25) is 0 Å². The van der Waals surface area contributed by atoms with Crippen LogP contribution >= 0.6 is 22.6 Å². The first-order valence-corrected chi connectivity index (χ1v) is 5.11. The van der Waals surface area contributed by atoms with E-state index in [1.165, 1.54) is 6.20 Å². The van der Waals surface area contributed by atoms with E-state index < -0.39 is 11.9 Å². The summed E-state index contributed by atoms with van der Waals surface area (Å²) in [5.41, 5.74) is -0.0956. The van der Waals surface area contributed by atoms with E-state index >= 15 is 0 Å². The van der Waals surface area contributed by atoms with Crippen LogP contribution in [0, 0.1) is 9.52 Å². The second kappa shape index (κ2) is 4.68. The van der Waals surface area contributed by atoms with Gasteiger partial charge in [-0.05, 0) is 42.5 Å². The van der Waals surface area contributed by atoms with Crippen molar-refractivity contribution in [1.29, 1.82) is 0 Å². The molecule has 1 aromatic rings. The molecule has 0 saturated heterocycles. The predicted octanol–water partition coefficient (Wildman–Crippen LogP) is 2.39. The van der Waals surface area contributed by atoms with Crippen LogP contribution in [0.15, 0.2) is 12.3 Å².